The minimum absolute atomic E-state index is 0.0190. The zero-order chi connectivity index (χ0) is 20.9. The Hall–Kier alpha value is -2.10. The number of hydrogen-bond acceptors (Lipinski definition) is 5. The van der Waals surface area contributed by atoms with Gasteiger partial charge in [-0.25, -0.2) is 17.9 Å². The van der Waals surface area contributed by atoms with Crippen molar-refractivity contribution >= 4 is 27.0 Å². The lowest BCUT2D eigenvalue weighted by Crippen LogP contribution is -2.49. The van der Waals surface area contributed by atoms with E-state index in [1.165, 1.54) is 12.6 Å². The first kappa shape index (κ1) is 21.6. The fourth-order valence-corrected chi connectivity index (χ4v) is 4.44. The van der Waals surface area contributed by atoms with Crippen LogP contribution in [0.25, 0.3) is 10.9 Å². The fraction of sp³-hybridized carbons (Fsp3) is 0.550. The number of benzene rings is 1. The maximum Gasteiger partial charge on any atom is 0.409 e. The first-order valence-corrected chi connectivity index (χ1v) is 11.7. The molecule has 0 spiro atoms. The lowest BCUT2D eigenvalue weighted by Gasteiger charge is -2.33. The molecular weight excluding hydrogens is 392 g/mol. The Balaban J connectivity index is 1.53. The molecule has 9 heteroatoms. The number of aromatic amines is 1. The second kappa shape index (κ2) is 9.60. The summed E-state index contributed by atoms with van der Waals surface area (Å²) < 4.78 is 31.1. The average Bonchev–Trinajstić information content (AvgIpc) is 3.11. The van der Waals surface area contributed by atoms with Crippen LogP contribution in [0.15, 0.2) is 24.4 Å². The Morgan fingerprint density at radius 3 is 2.69 bits per heavy atom. The maximum atomic E-state index is 11.8. The Labute approximate surface area is 172 Å². The molecule has 1 saturated heterocycles. The van der Waals surface area contributed by atoms with Crippen LogP contribution in [-0.2, 0) is 26.9 Å². The molecule has 2 aromatic rings. The monoisotopic (exact) mass is 422 g/mol. The smallest absolute Gasteiger partial charge is 0.409 e. The summed E-state index contributed by atoms with van der Waals surface area (Å²) in [7, 11) is -1.85. The topological polar surface area (TPSA) is 94.7 Å². The molecule has 0 radical (unpaired) electrons. The number of piperazine rings is 1. The largest absolute Gasteiger partial charge is 0.450 e. The van der Waals surface area contributed by atoms with E-state index in [9.17, 15) is 13.2 Å². The van der Waals surface area contributed by atoms with Crippen LogP contribution in [0, 0.1) is 0 Å². The highest BCUT2D eigenvalue weighted by molar-refractivity contribution is 7.88. The molecule has 1 aliphatic rings. The van der Waals surface area contributed by atoms with Gasteiger partial charge in [0.1, 0.15) is 0 Å². The van der Waals surface area contributed by atoms with Crippen molar-refractivity contribution in [3.05, 3.63) is 35.5 Å². The molecule has 1 aliphatic heterocycles. The van der Waals surface area contributed by atoms with E-state index >= 15 is 0 Å². The van der Waals surface area contributed by atoms with E-state index in [1.807, 2.05) is 31.3 Å². The van der Waals surface area contributed by atoms with E-state index < -0.39 is 10.0 Å². The number of sulfonamides is 1. The van der Waals surface area contributed by atoms with Crippen LogP contribution in [0.3, 0.4) is 0 Å². The van der Waals surface area contributed by atoms with E-state index in [0.717, 1.165) is 48.9 Å². The van der Waals surface area contributed by atoms with Gasteiger partial charge >= 0.3 is 6.09 Å². The molecule has 2 N–H and O–H groups in total. The van der Waals surface area contributed by atoms with Crippen molar-refractivity contribution in [2.75, 3.05) is 46.4 Å². The van der Waals surface area contributed by atoms with Crippen LogP contribution in [0.2, 0.25) is 0 Å². The predicted octanol–water partition coefficient (Wildman–Crippen LogP) is 1.92. The number of rotatable bonds is 8. The van der Waals surface area contributed by atoms with Crippen molar-refractivity contribution < 1.29 is 17.9 Å². The van der Waals surface area contributed by atoms with Crippen molar-refractivity contribution in [3.8, 4) is 0 Å². The predicted molar refractivity (Wildman–Crippen MR) is 113 cm³/mol. The number of hydrogen-bond donors (Lipinski definition) is 2. The molecule has 2 heterocycles. The number of nitrogens with zero attached hydrogens (tertiary/aromatic N) is 2. The van der Waals surface area contributed by atoms with Gasteiger partial charge in [0.15, 0.2) is 0 Å². The van der Waals surface area contributed by atoms with Gasteiger partial charge in [0.25, 0.3) is 0 Å². The number of carbonyl (C=O) groups is 1. The van der Waals surface area contributed by atoms with Crippen LogP contribution in [0.5, 0.6) is 0 Å². The molecular formula is C20H30N4O4S. The summed E-state index contributed by atoms with van der Waals surface area (Å²) in [6.07, 6.45) is 3.72. The van der Waals surface area contributed by atoms with Gasteiger partial charge in [-0.05, 0) is 56.6 Å². The average molecular weight is 423 g/mol. The standard InChI is InChI=1S/C20H30N4O4S/c1-3-28-20(25)24-11-9-23(10-12-24)8-4-5-17-14-22-19-7-6-16(13-18(17)19)15-29(26,27)21-2/h6-7,13-14,21-22H,3-5,8-12,15H2,1-2H3. The van der Waals surface area contributed by atoms with Gasteiger partial charge in [0.2, 0.25) is 10.0 Å². The Bertz CT molecular complexity index is 933. The molecule has 0 atom stereocenters. The van der Waals surface area contributed by atoms with Crippen LogP contribution < -0.4 is 4.72 Å². The van der Waals surface area contributed by atoms with Gasteiger partial charge in [0, 0.05) is 43.3 Å². The molecule has 1 amide bonds. The summed E-state index contributed by atoms with van der Waals surface area (Å²) in [6.45, 7) is 6.33. The van der Waals surface area contributed by atoms with Crippen LogP contribution in [0.1, 0.15) is 24.5 Å². The number of aryl methyl sites for hydroxylation is 1. The quantitative estimate of drug-likeness (QED) is 0.678. The van der Waals surface area contributed by atoms with Crippen LogP contribution >= 0.6 is 0 Å². The summed E-state index contributed by atoms with van der Waals surface area (Å²) in [4.78, 5) is 19.2. The molecule has 29 heavy (non-hydrogen) atoms. The molecule has 8 nitrogen and oxygen atoms in total. The van der Waals surface area contributed by atoms with Gasteiger partial charge < -0.3 is 14.6 Å². The first-order chi connectivity index (χ1) is 13.9. The maximum absolute atomic E-state index is 11.8. The van der Waals surface area contributed by atoms with E-state index in [4.69, 9.17) is 4.74 Å². The van der Waals surface area contributed by atoms with E-state index in [-0.39, 0.29) is 11.8 Å². The zero-order valence-corrected chi connectivity index (χ0v) is 17.9. The Morgan fingerprint density at radius 1 is 1.24 bits per heavy atom. The second-order valence-corrected chi connectivity index (χ2v) is 9.21. The third-order valence-corrected chi connectivity index (χ3v) is 6.65. The third kappa shape index (κ3) is 5.71. The van der Waals surface area contributed by atoms with E-state index in [1.54, 1.807) is 4.90 Å². The fourth-order valence-electron chi connectivity index (χ4n) is 3.68. The lowest BCUT2D eigenvalue weighted by molar-refractivity contribution is 0.0794. The van der Waals surface area contributed by atoms with E-state index in [2.05, 4.69) is 14.6 Å². The Kier molecular flexibility index (Phi) is 7.15. The molecule has 160 valence electrons. The van der Waals surface area contributed by atoms with Gasteiger partial charge in [-0.2, -0.15) is 0 Å². The molecule has 3 rings (SSSR count). The molecule has 0 aliphatic carbocycles. The summed E-state index contributed by atoms with van der Waals surface area (Å²) in [5.74, 6) is -0.0190. The van der Waals surface area contributed by atoms with Crippen molar-refractivity contribution in [3.63, 3.8) is 0 Å². The number of amides is 1. The summed E-state index contributed by atoms with van der Waals surface area (Å²) >= 11 is 0. The number of fused-ring (bicyclic) bond motifs is 1. The molecule has 1 fully saturated rings. The molecule has 0 bridgehead atoms. The number of ether oxygens (including phenoxy) is 1. The van der Waals surface area contributed by atoms with Crippen LogP contribution in [-0.4, -0.2) is 75.7 Å². The van der Waals surface area contributed by atoms with Gasteiger partial charge in [0.05, 0.1) is 12.4 Å². The van der Waals surface area contributed by atoms with Gasteiger partial charge in [-0.3, -0.25) is 4.90 Å². The SMILES string of the molecule is CCOC(=O)N1CCN(CCCc2c[nH]c3ccc(CS(=O)(=O)NC)cc23)CC1. The van der Waals surface area contributed by atoms with Crippen molar-refractivity contribution in [1.29, 1.82) is 0 Å². The molecule has 1 aromatic heterocycles. The van der Waals surface area contributed by atoms with Crippen molar-refractivity contribution in [2.45, 2.75) is 25.5 Å². The minimum atomic E-state index is -3.29. The molecule has 0 saturated carbocycles. The normalized spacial score (nSPS) is 15.7. The number of nitrogens with one attached hydrogen (secondary N) is 2. The lowest BCUT2D eigenvalue weighted by atomic mass is 10.1. The van der Waals surface area contributed by atoms with Crippen molar-refractivity contribution in [2.24, 2.45) is 0 Å². The van der Waals surface area contributed by atoms with Crippen molar-refractivity contribution in [1.82, 2.24) is 19.5 Å². The van der Waals surface area contributed by atoms with Gasteiger partial charge in [-0.1, -0.05) is 6.07 Å². The number of carbonyl (C=O) groups excluding carboxylic acids is 1. The van der Waals surface area contributed by atoms with Crippen LogP contribution in [0.4, 0.5) is 4.79 Å². The second-order valence-electron chi connectivity index (χ2n) is 7.29. The summed E-state index contributed by atoms with van der Waals surface area (Å²) in [5, 5.41) is 1.08. The third-order valence-electron chi connectivity index (χ3n) is 5.32. The Morgan fingerprint density at radius 2 is 2.00 bits per heavy atom. The first-order valence-electron chi connectivity index (χ1n) is 10.1. The highest BCUT2D eigenvalue weighted by atomic mass is 32.2. The minimum Gasteiger partial charge on any atom is -0.450 e. The summed E-state index contributed by atoms with van der Waals surface area (Å²) in [5.41, 5.74) is 3.00. The zero-order valence-electron chi connectivity index (χ0n) is 17.1. The highest BCUT2D eigenvalue weighted by Crippen LogP contribution is 2.22. The number of H-pyrrole nitrogens is 1. The summed E-state index contributed by atoms with van der Waals surface area (Å²) in [6, 6.07) is 5.75. The highest BCUT2D eigenvalue weighted by Gasteiger charge is 2.21. The molecule has 1 aromatic carbocycles. The number of aromatic nitrogens is 1. The van der Waals surface area contributed by atoms with Gasteiger partial charge in [-0.15, -0.1) is 0 Å². The molecule has 0 unspecified atom stereocenters. The van der Waals surface area contributed by atoms with E-state index in [0.29, 0.717) is 19.7 Å².